The highest BCUT2D eigenvalue weighted by molar-refractivity contribution is 7.87. The smallest absolute Gasteiger partial charge is 0.303 e. The molecule has 1 fully saturated rings. The first-order valence-electron chi connectivity index (χ1n) is 7.26. The van der Waals surface area contributed by atoms with E-state index in [0.29, 0.717) is 12.3 Å². The molecule has 0 saturated heterocycles. The van der Waals surface area contributed by atoms with E-state index in [1.165, 1.54) is 27.4 Å². The Kier molecular flexibility index (Phi) is 6.60. The molecule has 2 N–H and O–H groups in total. The molecule has 1 rings (SSSR count). The van der Waals surface area contributed by atoms with Crippen LogP contribution in [0, 0.1) is 5.92 Å². The van der Waals surface area contributed by atoms with Crippen molar-refractivity contribution in [2.75, 3.05) is 14.1 Å². The predicted molar refractivity (Wildman–Crippen MR) is 79.5 cm³/mol. The molecule has 1 aliphatic carbocycles. The van der Waals surface area contributed by atoms with E-state index in [0.717, 1.165) is 30.0 Å². The fourth-order valence-corrected chi connectivity index (χ4v) is 2.94. The zero-order chi connectivity index (χ0) is 16.0. The van der Waals surface area contributed by atoms with E-state index in [-0.39, 0.29) is 5.91 Å². The Morgan fingerprint density at radius 1 is 1.19 bits per heavy atom. The average Bonchev–Trinajstić information content (AvgIpc) is 2.38. The number of carbonyl (C=O) groups excluding carboxylic acids is 2. The van der Waals surface area contributed by atoms with E-state index in [2.05, 4.69) is 5.32 Å². The Hall–Kier alpha value is -1.15. The molecule has 0 aromatic rings. The van der Waals surface area contributed by atoms with Gasteiger partial charge in [-0.3, -0.25) is 9.59 Å². The molecule has 0 aromatic heterocycles. The van der Waals surface area contributed by atoms with Gasteiger partial charge in [0, 0.05) is 20.5 Å². The Morgan fingerprint density at radius 3 is 2.29 bits per heavy atom. The zero-order valence-electron chi connectivity index (χ0n) is 12.9. The van der Waals surface area contributed by atoms with Crippen LogP contribution in [0.5, 0.6) is 0 Å². The third kappa shape index (κ3) is 6.01. The Labute approximate surface area is 126 Å². The van der Waals surface area contributed by atoms with Crippen molar-refractivity contribution in [3.8, 4) is 0 Å². The maximum Gasteiger partial charge on any atom is 0.303 e. The molecule has 122 valence electrons. The molecule has 2 amide bonds. The van der Waals surface area contributed by atoms with Gasteiger partial charge < -0.3 is 5.32 Å². The van der Waals surface area contributed by atoms with Gasteiger partial charge in [-0.1, -0.05) is 19.3 Å². The van der Waals surface area contributed by atoms with E-state index in [1.54, 1.807) is 0 Å². The van der Waals surface area contributed by atoms with Crippen molar-refractivity contribution >= 4 is 22.0 Å². The molecule has 0 spiro atoms. The van der Waals surface area contributed by atoms with Gasteiger partial charge in [0.1, 0.15) is 6.04 Å². The minimum atomic E-state index is -3.82. The topological polar surface area (TPSA) is 95.6 Å². The van der Waals surface area contributed by atoms with Gasteiger partial charge in [-0.15, -0.1) is 0 Å². The van der Waals surface area contributed by atoms with Gasteiger partial charge in [-0.05, 0) is 25.7 Å². The summed E-state index contributed by atoms with van der Waals surface area (Å²) in [5.41, 5.74) is 0. The standard InChI is InChI=1S/C13H25N3O4S/c1-10(13(18)15-21(19,20)16(2)3)14-12(17)9-11-7-5-4-6-8-11/h10-11H,4-9H2,1-3H3,(H,14,17)(H,15,18). The number of hydrogen-bond acceptors (Lipinski definition) is 4. The first-order valence-corrected chi connectivity index (χ1v) is 8.70. The van der Waals surface area contributed by atoms with E-state index in [9.17, 15) is 18.0 Å². The van der Waals surface area contributed by atoms with Crippen LogP contribution >= 0.6 is 0 Å². The first-order chi connectivity index (χ1) is 9.72. The monoisotopic (exact) mass is 319 g/mol. The van der Waals surface area contributed by atoms with Gasteiger partial charge >= 0.3 is 10.2 Å². The lowest BCUT2D eigenvalue weighted by Gasteiger charge is -2.22. The first kappa shape index (κ1) is 17.9. The molecule has 0 radical (unpaired) electrons. The molecule has 0 aromatic carbocycles. The normalized spacial score (nSPS) is 18.3. The summed E-state index contributed by atoms with van der Waals surface area (Å²) in [7, 11) is -1.18. The highest BCUT2D eigenvalue weighted by Gasteiger charge is 2.24. The minimum absolute atomic E-state index is 0.202. The van der Waals surface area contributed by atoms with E-state index in [1.807, 2.05) is 4.72 Å². The van der Waals surface area contributed by atoms with E-state index >= 15 is 0 Å². The molecule has 0 aliphatic heterocycles. The average molecular weight is 319 g/mol. The summed E-state index contributed by atoms with van der Waals surface area (Å²) in [5.74, 6) is -0.563. The lowest BCUT2D eigenvalue weighted by Crippen LogP contribution is -2.49. The number of hydrogen-bond donors (Lipinski definition) is 2. The molecule has 1 unspecified atom stereocenters. The predicted octanol–water partition coefficient (Wildman–Crippen LogP) is 0.384. The Balaban J connectivity index is 2.42. The molecule has 8 heteroatoms. The second kappa shape index (κ2) is 7.74. The van der Waals surface area contributed by atoms with Crippen molar-refractivity contribution < 1.29 is 18.0 Å². The second-order valence-electron chi connectivity index (χ2n) is 5.75. The summed E-state index contributed by atoms with van der Waals surface area (Å²) >= 11 is 0. The molecule has 0 bridgehead atoms. The third-order valence-corrected chi connectivity index (χ3v) is 5.10. The maximum absolute atomic E-state index is 11.9. The van der Waals surface area contributed by atoms with Crippen LogP contribution in [0.3, 0.4) is 0 Å². The summed E-state index contributed by atoms with van der Waals surface area (Å²) in [6.45, 7) is 1.47. The molecule has 21 heavy (non-hydrogen) atoms. The van der Waals surface area contributed by atoms with Gasteiger partial charge in [0.15, 0.2) is 0 Å². The van der Waals surface area contributed by atoms with Crippen molar-refractivity contribution in [3.05, 3.63) is 0 Å². The zero-order valence-corrected chi connectivity index (χ0v) is 13.7. The fourth-order valence-electron chi connectivity index (χ4n) is 2.33. The number of carbonyl (C=O) groups is 2. The van der Waals surface area contributed by atoms with Crippen LogP contribution in [0.2, 0.25) is 0 Å². The van der Waals surface area contributed by atoms with Crippen LogP contribution in [0.1, 0.15) is 45.4 Å². The van der Waals surface area contributed by atoms with Gasteiger partial charge in [0.2, 0.25) is 5.91 Å². The largest absolute Gasteiger partial charge is 0.345 e. The van der Waals surface area contributed by atoms with Crippen molar-refractivity contribution in [2.24, 2.45) is 5.92 Å². The summed E-state index contributed by atoms with van der Waals surface area (Å²) < 4.78 is 25.9. The lowest BCUT2D eigenvalue weighted by atomic mass is 9.87. The summed E-state index contributed by atoms with van der Waals surface area (Å²) in [6.07, 6.45) is 6.01. The van der Waals surface area contributed by atoms with Crippen molar-refractivity contribution in [3.63, 3.8) is 0 Å². The number of nitrogens with zero attached hydrogens (tertiary/aromatic N) is 1. The van der Waals surface area contributed by atoms with Crippen LogP contribution in [0.4, 0.5) is 0 Å². The van der Waals surface area contributed by atoms with Crippen molar-refractivity contribution in [1.29, 1.82) is 0 Å². The molecular formula is C13H25N3O4S. The summed E-state index contributed by atoms with van der Waals surface area (Å²) in [6, 6.07) is -0.879. The fraction of sp³-hybridized carbons (Fsp3) is 0.846. The quantitative estimate of drug-likeness (QED) is 0.740. The molecular weight excluding hydrogens is 294 g/mol. The highest BCUT2D eigenvalue weighted by atomic mass is 32.2. The van der Waals surface area contributed by atoms with Crippen molar-refractivity contribution in [2.45, 2.75) is 51.5 Å². The van der Waals surface area contributed by atoms with E-state index in [4.69, 9.17) is 0 Å². The van der Waals surface area contributed by atoms with Gasteiger partial charge in [-0.25, -0.2) is 4.72 Å². The molecule has 1 aliphatic rings. The van der Waals surface area contributed by atoms with Gasteiger partial charge in [0.25, 0.3) is 5.91 Å². The van der Waals surface area contributed by atoms with E-state index < -0.39 is 22.2 Å². The van der Waals surface area contributed by atoms with Crippen molar-refractivity contribution in [1.82, 2.24) is 14.3 Å². The van der Waals surface area contributed by atoms with Crippen LogP contribution in [0.15, 0.2) is 0 Å². The Morgan fingerprint density at radius 2 is 1.76 bits per heavy atom. The number of amides is 2. The highest BCUT2D eigenvalue weighted by Crippen LogP contribution is 2.26. The Bertz CT molecular complexity index is 470. The minimum Gasteiger partial charge on any atom is -0.345 e. The van der Waals surface area contributed by atoms with Crippen LogP contribution in [0.25, 0.3) is 0 Å². The number of rotatable bonds is 6. The second-order valence-corrected chi connectivity index (χ2v) is 7.64. The van der Waals surface area contributed by atoms with Crippen LogP contribution < -0.4 is 10.0 Å². The number of nitrogens with one attached hydrogen (secondary N) is 2. The van der Waals surface area contributed by atoms with Gasteiger partial charge in [-0.2, -0.15) is 12.7 Å². The van der Waals surface area contributed by atoms with Gasteiger partial charge in [0.05, 0.1) is 0 Å². The van der Waals surface area contributed by atoms with Crippen LogP contribution in [-0.2, 0) is 19.8 Å². The lowest BCUT2D eigenvalue weighted by molar-refractivity contribution is -0.128. The summed E-state index contributed by atoms with van der Waals surface area (Å²) in [4.78, 5) is 23.6. The SMILES string of the molecule is CC(NC(=O)CC1CCCCC1)C(=O)NS(=O)(=O)N(C)C. The summed E-state index contributed by atoms with van der Waals surface area (Å²) in [5, 5.41) is 2.55. The maximum atomic E-state index is 11.9. The molecule has 1 saturated carbocycles. The van der Waals surface area contributed by atoms with Crippen LogP contribution in [-0.4, -0.2) is 44.7 Å². The molecule has 0 heterocycles. The third-order valence-electron chi connectivity index (χ3n) is 3.68. The molecule has 1 atom stereocenters. The molecule has 7 nitrogen and oxygen atoms in total.